The number of rotatable bonds is 6. The van der Waals surface area contributed by atoms with Crippen molar-refractivity contribution >= 4 is 28.3 Å². The van der Waals surface area contributed by atoms with Crippen molar-refractivity contribution in [3.8, 4) is 11.5 Å². The number of hydrogen-bond donors (Lipinski definition) is 2. The van der Waals surface area contributed by atoms with Crippen LogP contribution in [0.5, 0.6) is 11.5 Å². The lowest BCUT2D eigenvalue weighted by Gasteiger charge is -2.32. The average Bonchev–Trinajstić information content (AvgIpc) is 2.61. The molecule has 0 unspecified atom stereocenters. The minimum absolute atomic E-state index is 0. The first-order valence-corrected chi connectivity index (χ1v) is 9.51. The second-order valence-electron chi connectivity index (χ2n) is 5.99. The van der Waals surface area contributed by atoms with Gasteiger partial charge in [0.1, 0.15) is 0 Å². The molecule has 0 bridgehead atoms. The smallest absolute Gasteiger partial charge is 0.243 e. The largest absolute Gasteiger partial charge is 0.493 e. The van der Waals surface area contributed by atoms with Crippen LogP contribution in [0.1, 0.15) is 19.8 Å². The van der Waals surface area contributed by atoms with Gasteiger partial charge in [0.2, 0.25) is 15.9 Å². The van der Waals surface area contributed by atoms with Crippen LogP contribution in [0.3, 0.4) is 0 Å². The summed E-state index contributed by atoms with van der Waals surface area (Å²) in [6.45, 7) is 2.28. The summed E-state index contributed by atoms with van der Waals surface area (Å²) in [5, 5.41) is 2.84. The molecule has 148 valence electrons. The van der Waals surface area contributed by atoms with Crippen molar-refractivity contribution in [2.75, 3.05) is 27.3 Å². The summed E-state index contributed by atoms with van der Waals surface area (Å²) in [5.41, 5.74) is 5.54. The van der Waals surface area contributed by atoms with E-state index >= 15 is 0 Å². The number of sulfonamides is 1. The third-order valence-corrected chi connectivity index (χ3v) is 6.10. The van der Waals surface area contributed by atoms with E-state index in [1.165, 1.54) is 30.7 Å². The fourth-order valence-corrected chi connectivity index (χ4v) is 4.18. The lowest BCUT2D eigenvalue weighted by Crippen LogP contribution is -2.49. The maximum Gasteiger partial charge on any atom is 0.243 e. The molecule has 0 aromatic heterocycles. The molecular weight excluding hydrogens is 382 g/mol. The van der Waals surface area contributed by atoms with Crippen molar-refractivity contribution in [1.82, 2.24) is 9.62 Å². The number of amides is 1. The molecule has 10 heteroatoms. The summed E-state index contributed by atoms with van der Waals surface area (Å²) >= 11 is 0. The Morgan fingerprint density at radius 2 is 1.81 bits per heavy atom. The molecule has 0 radical (unpaired) electrons. The Bertz CT molecular complexity index is 719. The van der Waals surface area contributed by atoms with E-state index in [2.05, 4.69) is 5.32 Å². The lowest BCUT2D eigenvalue weighted by molar-refractivity contribution is -0.122. The van der Waals surface area contributed by atoms with Crippen molar-refractivity contribution in [2.24, 2.45) is 5.73 Å². The van der Waals surface area contributed by atoms with Crippen molar-refractivity contribution in [3.63, 3.8) is 0 Å². The zero-order valence-electron chi connectivity index (χ0n) is 15.1. The van der Waals surface area contributed by atoms with E-state index in [4.69, 9.17) is 15.2 Å². The molecule has 0 aliphatic carbocycles. The lowest BCUT2D eigenvalue weighted by atomic mass is 10.1. The summed E-state index contributed by atoms with van der Waals surface area (Å²) in [6.07, 6.45) is 1.09. The monoisotopic (exact) mass is 407 g/mol. The second-order valence-corrected chi connectivity index (χ2v) is 7.93. The third-order valence-electron chi connectivity index (χ3n) is 4.21. The van der Waals surface area contributed by atoms with Crippen molar-refractivity contribution < 1.29 is 22.7 Å². The number of nitrogens with one attached hydrogen (secondary N) is 1. The van der Waals surface area contributed by atoms with Crippen LogP contribution in [0.2, 0.25) is 0 Å². The summed E-state index contributed by atoms with van der Waals surface area (Å²) in [4.78, 5) is 11.8. The maximum absolute atomic E-state index is 12.8. The minimum Gasteiger partial charge on any atom is -0.493 e. The molecule has 1 fully saturated rings. The highest BCUT2D eigenvalue weighted by atomic mass is 35.5. The topological polar surface area (TPSA) is 111 Å². The summed E-state index contributed by atoms with van der Waals surface area (Å²) in [6, 6.07) is 3.89. The van der Waals surface area contributed by atoms with Gasteiger partial charge in [0.25, 0.3) is 0 Å². The van der Waals surface area contributed by atoms with Gasteiger partial charge in [-0.05, 0) is 31.9 Å². The molecule has 1 heterocycles. The number of ether oxygens (including phenoxy) is 2. The van der Waals surface area contributed by atoms with E-state index in [0.717, 1.165) is 0 Å². The first kappa shape index (κ1) is 22.5. The van der Waals surface area contributed by atoms with E-state index in [-0.39, 0.29) is 29.3 Å². The van der Waals surface area contributed by atoms with E-state index in [1.807, 2.05) is 0 Å². The summed E-state index contributed by atoms with van der Waals surface area (Å²) in [7, 11) is -0.675. The molecule has 1 aromatic rings. The van der Waals surface area contributed by atoms with Gasteiger partial charge in [0, 0.05) is 25.2 Å². The molecule has 1 saturated heterocycles. The van der Waals surface area contributed by atoms with Gasteiger partial charge in [0.15, 0.2) is 11.5 Å². The Hall–Kier alpha value is -1.55. The number of carbonyl (C=O) groups is 1. The van der Waals surface area contributed by atoms with Crippen molar-refractivity contribution in [1.29, 1.82) is 0 Å². The van der Waals surface area contributed by atoms with E-state index in [1.54, 1.807) is 13.0 Å². The van der Waals surface area contributed by atoms with Crippen LogP contribution in [0.15, 0.2) is 23.1 Å². The first-order valence-electron chi connectivity index (χ1n) is 8.07. The number of methoxy groups -OCH3 is 2. The molecule has 26 heavy (non-hydrogen) atoms. The Morgan fingerprint density at radius 3 is 2.31 bits per heavy atom. The Balaban J connectivity index is 0.00000338. The van der Waals surface area contributed by atoms with Gasteiger partial charge in [-0.2, -0.15) is 4.31 Å². The maximum atomic E-state index is 12.8. The molecular formula is C16H26ClN3O5S. The van der Waals surface area contributed by atoms with E-state index in [0.29, 0.717) is 37.4 Å². The zero-order chi connectivity index (χ0) is 18.6. The molecule has 8 nitrogen and oxygen atoms in total. The molecule has 2 rings (SSSR count). The van der Waals surface area contributed by atoms with Crippen LogP contribution in [-0.4, -0.2) is 58.0 Å². The van der Waals surface area contributed by atoms with Crippen LogP contribution in [0.25, 0.3) is 0 Å². The summed E-state index contributed by atoms with van der Waals surface area (Å²) < 4.78 is 37.4. The van der Waals surface area contributed by atoms with Crippen molar-refractivity contribution in [3.05, 3.63) is 18.2 Å². The van der Waals surface area contributed by atoms with Gasteiger partial charge in [-0.3, -0.25) is 4.79 Å². The predicted octanol–water partition coefficient (Wildman–Crippen LogP) is 0.742. The van der Waals surface area contributed by atoms with Crippen LogP contribution >= 0.6 is 12.4 Å². The SMILES string of the molecule is COc1ccc(S(=O)(=O)N2CCC(NC(=O)[C@@H](C)N)CC2)cc1OC.Cl. The molecule has 0 saturated carbocycles. The standard InChI is InChI=1S/C16H25N3O5S.ClH/c1-11(17)16(20)18-12-6-8-19(9-7-12)25(21,22)13-4-5-14(23-2)15(10-13)24-3;/h4-5,10-12H,6-9,17H2,1-3H3,(H,18,20);1H/t11-;/m1./s1. The third kappa shape index (κ3) is 5.00. The van der Waals surface area contributed by atoms with Gasteiger partial charge >= 0.3 is 0 Å². The number of nitrogens with zero attached hydrogens (tertiary/aromatic N) is 1. The number of nitrogens with two attached hydrogens (primary N) is 1. The van der Waals surface area contributed by atoms with Crippen LogP contribution in [0.4, 0.5) is 0 Å². The van der Waals surface area contributed by atoms with Gasteiger partial charge in [-0.25, -0.2) is 8.42 Å². The molecule has 1 aliphatic heterocycles. The minimum atomic E-state index is -3.63. The number of carbonyl (C=O) groups excluding carboxylic acids is 1. The van der Waals surface area contributed by atoms with Gasteiger partial charge in [0.05, 0.1) is 25.2 Å². The number of hydrogen-bond acceptors (Lipinski definition) is 6. The predicted molar refractivity (Wildman–Crippen MR) is 100 cm³/mol. The Labute approximate surface area is 160 Å². The Kier molecular flexibility index (Phi) is 8.14. The molecule has 0 spiro atoms. The quantitative estimate of drug-likeness (QED) is 0.719. The number of piperidine rings is 1. The molecule has 3 N–H and O–H groups in total. The molecule has 1 aliphatic rings. The fourth-order valence-electron chi connectivity index (χ4n) is 2.70. The molecule has 1 amide bonds. The summed E-state index contributed by atoms with van der Waals surface area (Å²) in [5.74, 6) is 0.614. The Morgan fingerprint density at radius 1 is 1.23 bits per heavy atom. The van der Waals surface area contributed by atoms with Gasteiger partial charge in [-0.1, -0.05) is 0 Å². The van der Waals surface area contributed by atoms with Crippen LogP contribution < -0.4 is 20.5 Å². The highest BCUT2D eigenvalue weighted by molar-refractivity contribution is 7.89. The van der Waals surface area contributed by atoms with Gasteiger partial charge in [-0.15, -0.1) is 12.4 Å². The van der Waals surface area contributed by atoms with Crippen LogP contribution in [0, 0.1) is 0 Å². The van der Waals surface area contributed by atoms with Crippen molar-refractivity contribution in [2.45, 2.75) is 36.7 Å². The second kappa shape index (κ2) is 9.40. The molecule has 1 aromatic carbocycles. The van der Waals surface area contributed by atoms with Crippen LogP contribution in [-0.2, 0) is 14.8 Å². The number of benzene rings is 1. The average molecular weight is 408 g/mol. The van der Waals surface area contributed by atoms with E-state index in [9.17, 15) is 13.2 Å². The highest BCUT2D eigenvalue weighted by Gasteiger charge is 2.30. The number of halogens is 1. The molecule has 1 atom stereocenters. The first-order chi connectivity index (χ1) is 11.8. The van der Waals surface area contributed by atoms with E-state index < -0.39 is 16.1 Å². The highest BCUT2D eigenvalue weighted by Crippen LogP contribution is 2.31. The normalized spacial score (nSPS) is 17.1. The zero-order valence-corrected chi connectivity index (χ0v) is 16.7. The fraction of sp³-hybridized carbons (Fsp3) is 0.562. The van der Waals surface area contributed by atoms with Gasteiger partial charge < -0.3 is 20.5 Å².